The van der Waals surface area contributed by atoms with Crippen molar-refractivity contribution in [2.75, 3.05) is 36.5 Å². The van der Waals surface area contributed by atoms with Crippen molar-refractivity contribution in [2.24, 2.45) is 0 Å². The van der Waals surface area contributed by atoms with Crippen molar-refractivity contribution in [2.45, 2.75) is 39.2 Å². The summed E-state index contributed by atoms with van der Waals surface area (Å²) in [6.07, 6.45) is 5.02. The molecule has 0 bridgehead atoms. The van der Waals surface area contributed by atoms with Gasteiger partial charge >= 0.3 is 0 Å². The number of piperidine rings is 1. The second-order valence-electron chi connectivity index (χ2n) is 7.06. The molecule has 6 heteroatoms. The van der Waals surface area contributed by atoms with Gasteiger partial charge in [-0.3, -0.25) is 5.01 Å². The highest BCUT2D eigenvalue weighted by molar-refractivity contribution is 7.16. The van der Waals surface area contributed by atoms with Gasteiger partial charge in [0.1, 0.15) is 10.8 Å². The molecule has 1 aromatic heterocycles. The van der Waals surface area contributed by atoms with E-state index in [1.54, 1.807) is 12.1 Å². The summed E-state index contributed by atoms with van der Waals surface area (Å²) in [6.45, 7) is 7.25. The van der Waals surface area contributed by atoms with Crippen LogP contribution >= 0.6 is 11.3 Å². The Hall–Kier alpha value is -1.63. The molecule has 0 amide bonds. The van der Waals surface area contributed by atoms with Crippen LogP contribution in [0.15, 0.2) is 24.3 Å². The molecular weight excluding hydrogens is 347 g/mol. The number of anilines is 3. The monoisotopic (exact) mass is 374 g/mol. The van der Waals surface area contributed by atoms with E-state index in [4.69, 9.17) is 0 Å². The maximum Gasteiger partial charge on any atom is 0.125 e. The first-order chi connectivity index (χ1) is 12.7. The Morgan fingerprint density at radius 3 is 2.85 bits per heavy atom. The van der Waals surface area contributed by atoms with E-state index in [0.29, 0.717) is 0 Å². The molecule has 2 N–H and O–H groups in total. The standard InChI is InChI=1S/C20H27FN4S/c1-2-17-12-15-14-22-18-13-16(21)6-7-19(18)25(20(15)26-17)23-8-11-24-9-4-3-5-10-24/h6-7,12-13,22-23H,2-5,8-11,14H2,1H3. The number of aryl methyl sites for hydroxylation is 1. The van der Waals surface area contributed by atoms with Crippen molar-refractivity contribution in [1.82, 2.24) is 10.3 Å². The van der Waals surface area contributed by atoms with Crippen LogP contribution in [-0.4, -0.2) is 31.1 Å². The number of hydrogen-bond donors (Lipinski definition) is 2. The SMILES string of the molecule is CCc1cc2c(s1)N(NCCN1CCCCC1)c1ccc(F)cc1NC2. The Balaban J connectivity index is 1.57. The van der Waals surface area contributed by atoms with Gasteiger partial charge in [0.15, 0.2) is 0 Å². The van der Waals surface area contributed by atoms with Crippen LogP contribution in [0.1, 0.15) is 36.6 Å². The summed E-state index contributed by atoms with van der Waals surface area (Å²) >= 11 is 1.83. The molecule has 140 valence electrons. The number of thiophene rings is 1. The zero-order valence-corrected chi connectivity index (χ0v) is 16.2. The molecule has 1 aromatic carbocycles. The summed E-state index contributed by atoms with van der Waals surface area (Å²) in [5, 5.41) is 6.79. The first kappa shape index (κ1) is 17.8. The minimum absolute atomic E-state index is 0.205. The summed E-state index contributed by atoms with van der Waals surface area (Å²) in [7, 11) is 0. The van der Waals surface area contributed by atoms with E-state index in [0.717, 1.165) is 37.4 Å². The normalized spacial score (nSPS) is 17.4. The lowest BCUT2D eigenvalue weighted by atomic mass is 10.1. The van der Waals surface area contributed by atoms with Crippen molar-refractivity contribution in [3.05, 3.63) is 40.5 Å². The van der Waals surface area contributed by atoms with Crippen molar-refractivity contribution in [3.63, 3.8) is 0 Å². The Bertz CT molecular complexity index is 754. The number of hydrogen-bond acceptors (Lipinski definition) is 5. The zero-order chi connectivity index (χ0) is 17.9. The molecule has 1 saturated heterocycles. The van der Waals surface area contributed by atoms with E-state index in [1.807, 2.05) is 17.4 Å². The third-order valence-corrected chi connectivity index (χ3v) is 6.51. The number of rotatable bonds is 5. The molecule has 2 aromatic rings. The predicted molar refractivity (Wildman–Crippen MR) is 108 cm³/mol. The molecule has 0 radical (unpaired) electrons. The highest BCUT2D eigenvalue weighted by Crippen LogP contribution is 2.41. The van der Waals surface area contributed by atoms with Gasteiger partial charge in [-0.15, -0.1) is 11.3 Å². The number of fused-ring (bicyclic) bond motifs is 2. The lowest BCUT2D eigenvalue weighted by Gasteiger charge is -2.29. The number of benzene rings is 1. The molecule has 1 fully saturated rings. The minimum atomic E-state index is -0.205. The molecule has 26 heavy (non-hydrogen) atoms. The summed E-state index contributed by atoms with van der Waals surface area (Å²) in [6, 6.07) is 7.27. The smallest absolute Gasteiger partial charge is 0.125 e. The lowest BCUT2D eigenvalue weighted by molar-refractivity contribution is 0.229. The van der Waals surface area contributed by atoms with E-state index in [1.165, 1.54) is 47.8 Å². The molecular formula is C20H27FN4S. The lowest BCUT2D eigenvalue weighted by Crippen LogP contribution is -2.41. The largest absolute Gasteiger partial charge is 0.379 e. The molecule has 3 heterocycles. The van der Waals surface area contributed by atoms with E-state index in [-0.39, 0.29) is 5.82 Å². The van der Waals surface area contributed by atoms with Crippen molar-refractivity contribution in [3.8, 4) is 0 Å². The van der Waals surface area contributed by atoms with Crippen LogP contribution in [0.3, 0.4) is 0 Å². The third kappa shape index (κ3) is 3.72. The van der Waals surface area contributed by atoms with Crippen LogP contribution in [0.25, 0.3) is 0 Å². The fourth-order valence-corrected chi connectivity index (χ4v) is 4.88. The molecule has 4 nitrogen and oxygen atoms in total. The highest BCUT2D eigenvalue weighted by Gasteiger charge is 2.23. The Morgan fingerprint density at radius 1 is 1.19 bits per heavy atom. The molecule has 0 aliphatic carbocycles. The van der Waals surface area contributed by atoms with Gasteiger partial charge in [-0.1, -0.05) is 13.3 Å². The molecule has 2 aliphatic heterocycles. The zero-order valence-electron chi connectivity index (χ0n) is 15.4. The molecule has 4 rings (SSSR count). The van der Waals surface area contributed by atoms with Gasteiger partial charge in [-0.25, -0.2) is 9.82 Å². The molecule has 0 saturated carbocycles. The number of halogens is 1. The fraction of sp³-hybridized carbons (Fsp3) is 0.500. The first-order valence-electron chi connectivity index (χ1n) is 9.65. The van der Waals surface area contributed by atoms with Crippen molar-refractivity contribution in [1.29, 1.82) is 0 Å². The Morgan fingerprint density at radius 2 is 2.04 bits per heavy atom. The molecule has 2 aliphatic rings. The van der Waals surface area contributed by atoms with Gasteiger partial charge in [-0.05, 0) is 56.6 Å². The minimum Gasteiger partial charge on any atom is -0.379 e. The Labute approximate surface area is 159 Å². The maximum absolute atomic E-state index is 13.7. The summed E-state index contributed by atoms with van der Waals surface area (Å²) in [4.78, 5) is 3.91. The second-order valence-corrected chi connectivity index (χ2v) is 8.17. The van der Waals surface area contributed by atoms with Crippen LogP contribution in [0.5, 0.6) is 0 Å². The number of hydrazine groups is 1. The average molecular weight is 375 g/mol. The van der Waals surface area contributed by atoms with Crippen LogP contribution < -0.4 is 15.8 Å². The van der Waals surface area contributed by atoms with E-state index < -0.39 is 0 Å². The van der Waals surface area contributed by atoms with Crippen LogP contribution in [0.4, 0.5) is 20.8 Å². The average Bonchev–Trinajstić information content (AvgIpc) is 3.02. The van der Waals surface area contributed by atoms with Gasteiger partial charge in [0.25, 0.3) is 0 Å². The highest BCUT2D eigenvalue weighted by atomic mass is 32.1. The summed E-state index contributed by atoms with van der Waals surface area (Å²) < 4.78 is 13.7. The summed E-state index contributed by atoms with van der Waals surface area (Å²) in [5.74, 6) is -0.205. The van der Waals surface area contributed by atoms with Gasteiger partial charge in [0.05, 0.1) is 11.4 Å². The second kappa shape index (κ2) is 7.94. The Kier molecular flexibility index (Phi) is 5.43. The van der Waals surface area contributed by atoms with Crippen LogP contribution in [0.2, 0.25) is 0 Å². The van der Waals surface area contributed by atoms with Gasteiger partial charge in [0.2, 0.25) is 0 Å². The van der Waals surface area contributed by atoms with Crippen molar-refractivity contribution < 1.29 is 4.39 Å². The maximum atomic E-state index is 13.7. The molecule has 0 unspecified atom stereocenters. The number of nitrogens with one attached hydrogen (secondary N) is 2. The van der Waals surface area contributed by atoms with Gasteiger partial charge < -0.3 is 10.2 Å². The fourth-order valence-electron chi connectivity index (χ4n) is 3.77. The van der Waals surface area contributed by atoms with Crippen molar-refractivity contribution >= 4 is 27.7 Å². The van der Waals surface area contributed by atoms with E-state index in [2.05, 4.69) is 33.6 Å². The predicted octanol–water partition coefficient (Wildman–Crippen LogP) is 4.50. The van der Waals surface area contributed by atoms with Gasteiger partial charge in [-0.2, -0.15) is 0 Å². The number of nitrogens with zero attached hydrogens (tertiary/aromatic N) is 2. The van der Waals surface area contributed by atoms with Crippen LogP contribution in [-0.2, 0) is 13.0 Å². The first-order valence-corrected chi connectivity index (χ1v) is 10.5. The molecule has 0 atom stereocenters. The topological polar surface area (TPSA) is 30.5 Å². The van der Waals surface area contributed by atoms with E-state index in [9.17, 15) is 4.39 Å². The number of likely N-dealkylation sites (tertiary alicyclic amines) is 1. The van der Waals surface area contributed by atoms with Crippen LogP contribution in [0, 0.1) is 5.82 Å². The molecule has 0 spiro atoms. The summed E-state index contributed by atoms with van der Waals surface area (Å²) in [5.41, 5.74) is 6.73. The van der Waals surface area contributed by atoms with E-state index >= 15 is 0 Å². The quantitative estimate of drug-likeness (QED) is 0.806. The van der Waals surface area contributed by atoms with Gasteiger partial charge in [0, 0.05) is 30.1 Å². The third-order valence-electron chi connectivity index (χ3n) is 5.20.